The zero-order chi connectivity index (χ0) is 16.9. The molecule has 0 radical (unpaired) electrons. The van der Waals surface area contributed by atoms with Crippen LogP contribution in [0.15, 0.2) is 64.7 Å². The highest BCUT2D eigenvalue weighted by Gasteiger charge is 2.10. The summed E-state index contributed by atoms with van der Waals surface area (Å²) in [6, 6.07) is 14.9. The van der Waals surface area contributed by atoms with E-state index in [2.05, 4.69) is 26.6 Å². The predicted molar refractivity (Wildman–Crippen MR) is 98.8 cm³/mol. The largest absolute Gasteiger partial charge is 0.342 e. The molecule has 0 atom stereocenters. The zero-order valence-corrected chi connectivity index (χ0v) is 14.9. The van der Waals surface area contributed by atoms with Crippen LogP contribution in [0.2, 0.25) is 0 Å². The summed E-state index contributed by atoms with van der Waals surface area (Å²) < 4.78 is 2.82. The highest BCUT2D eigenvalue weighted by atomic mass is 79.9. The van der Waals surface area contributed by atoms with Gasteiger partial charge in [0.2, 0.25) is 5.91 Å². The molecule has 2 N–H and O–H groups in total. The van der Waals surface area contributed by atoms with E-state index in [4.69, 9.17) is 0 Å². The molecule has 2 heterocycles. The summed E-state index contributed by atoms with van der Waals surface area (Å²) in [5.41, 5.74) is 1.63. The Morgan fingerprint density at radius 1 is 1.08 bits per heavy atom. The molecule has 0 spiro atoms. The summed E-state index contributed by atoms with van der Waals surface area (Å²) in [5.74, 6) is -0.537. The molecule has 0 fully saturated rings. The Labute approximate surface area is 151 Å². The molecule has 2 aromatic heterocycles. The second-order valence-electron chi connectivity index (χ2n) is 4.98. The number of nitrogens with one attached hydrogen (secondary N) is 2. The quantitative estimate of drug-likeness (QED) is 0.682. The van der Waals surface area contributed by atoms with Gasteiger partial charge in [0.1, 0.15) is 0 Å². The number of anilines is 1. The molecule has 7 heteroatoms. The fraction of sp³-hybridized carbons (Fsp3) is 0.0588. The first-order valence-electron chi connectivity index (χ1n) is 7.18. The minimum absolute atomic E-state index is 0.0813. The summed E-state index contributed by atoms with van der Waals surface area (Å²) >= 11 is 4.63. The number of halogens is 1. The van der Waals surface area contributed by atoms with E-state index in [0.29, 0.717) is 10.6 Å². The first kappa shape index (κ1) is 16.5. The number of benzene rings is 1. The first-order valence-corrected chi connectivity index (χ1v) is 8.79. The van der Waals surface area contributed by atoms with Crippen LogP contribution in [-0.2, 0) is 4.79 Å². The van der Waals surface area contributed by atoms with Gasteiger partial charge in [-0.05, 0) is 58.4 Å². The number of carbonyl (C=O) groups excluding carboxylic acids is 2. The molecule has 0 saturated carbocycles. The molecule has 0 unspecified atom stereocenters. The highest BCUT2D eigenvalue weighted by molar-refractivity contribution is 9.11. The molecule has 5 nitrogen and oxygen atoms in total. The van der Waals surface area contributed by atoms with E-state index in [1.165, 1.54) is 11.3 Å². The minimum atomic E-state index is -0.274. The van der Waals surface area contributed by atoms with Gasteiger partial charge in [-0.3, -0.25) is 9.59 Å². The third kappa shape index (κ3) is 4.12. The number of rotatable bonds is 5. The van der Waals surface area contributed by atoms with E-state index in [9.17, 15) is 9.59 Å². The predicted octanol–water partition coefficient (Wildman–Crippen LogP) is 3.67. The fourth-order valence-corrected chi connectivity index (χ4v) is 3.44. The van der Waals surface area contributed by atoms with Crippen molar-refractivity contribution in [3.05, 3.63) is 69.6 Å². The van der Waals surface area contributed by atoms with Crippen molar-refractivity contribution < 1.29 is 9.59 Å². The Morgan fingerprint density at radius 3 is 2.58 bits per heavy atom. The summed E-state index contributed by atoms with van der Waals surface area (Å²) in [6.45, 7) is -0.0813. The van der Waals surface area contributed by atoms with Gasteiger partial charge in [-0.25, -0.2) is 0 Å². The molecule has 0 aliphatic carbocycles. The van der Waals surface area contributed by atoms with Gasteiger partial charge in [0.25, 0.3) is 5.91 Å². The summed E-state index contributed by atoms with van der Waals surface area (Å²) in [7, 11) is 0. The van der Waals surface area contributed by atoms with E-state index >= 15 is 0 Å². The van der Waals surface area contributed by atoms with Gasteiger partial charge in [0.15, 0.2) is 0 Å². The van der Waals surface area contributed by atoms with Crippen molar-refractivity contribution >= 4 is 44.8 Å². The number of hydrogen-bond donors (Lipinski definition) is 2. The summed E-state index contributed by atoms with van der Waals surface area (Å²) in [6.07, 6.45) is 3.86. The van der Waals surface area contributed by atoms with Crippen molar-refractivity contribution in [1.82, 2.24) is 9.88 Å². The fourth-order valence-electron chi connectivity index (χ4n) is 2.14. The SMILES string of the molecule is O=C(CNC(=O)c1ccc(Br)s1)Nc1cccc(-n2cccc2)c1. The molecular formula is C17H14BrN3O2S. The van der Waals surface area contributed by atoms with Crippen molar-refractivity contribution in [1.29, 1.82) is 0 Å². The third-order valence-corrected chi connectivity index (χ3v) is 4.86. The number of aromatic nitrogens is 1. The maximum absolute atomic E-state index is 12.0. The van der Waals surface area contributed by atoms with Gasteiger partial charge in [-0.1, -0.05) is 6.07 Å². The zero-order valence-electron chi connectivity index (χ0n) is 12.5. The normalized spacial score (nSPS) is 10.4. The van der Waals surface area contributed by atoms with Crippen LogP contribution < -0.4 is 10.6 Å². The lowest BCUT2D eigenvalue weighted by atomic mass is 10.2. The molecule has 24 heavy (non-hydrogen) atoms. The van der Waals surface area contributed by atoms with Crippen LogP contribution in [0.3, 0.4) is 0 Å². The van der Waals surface area contributed by atoms with Crippen molar-refractivity contribution in [3.8, 4) is 5.69 Å². The molecule has 3 rings (SSSR count). The third-order valence-electron chi connectivity index (χ3n) is 3.24. The van der Waals surface area contributed by atoms with Gasteiger partial charge in [0.05, 0.1) is 15.2 Å². The Hall–Kier alpha value is -2.38. The molecule has 0 saturated heterocycles. The maximum atomic E-state index is 12.0. The average Bonchev–Trinajstić information content (AvgIpc) is 3.24. The van der Waals surface area contributed by atoms with Gasteiger partial charge >= 0.3 is 0 Å². The van der Waals surface area contributed by atoms with E-state index in [-0.39, 0.29) is 18.4 Å². The Morgan fingerprint density at radius 2 is 1.88 bits per heavy atom. The monoisotopic (exact) mass is 403 g/mol. The topological polar surface area (TPSA) is 63.1 Å². The minimum Gasteiger partial charge on any atom is -0.342 e. The van der Waals surface area contributed by atoms with Crippen molar-refractivity contribution in [2.75, 3.05) is 11.9 Å². The second kappa shape index (κ2) is 7.46. The van der Waals surface area contributed by atoms with Gasteiger partial charge in [-0.2, -0.15) is 0 Å². The smallest absolute Gasteiger partial charge is 0.261 e. The Bertz CT molecular complexity index is 858. The summed E-state index contributed by atoms with van der Waals surface area (Å²) in [4.78, 5) is 24.5. The lowest BCUT2D eigenvalue weighted by molar-refractivity contribution is -0.115. The van der Waals surface area contributed by atoms with Gasteiger partial charge in [-0.15, -0.1) is 11.3 Å². The Balaban J connectivity index is 1.57. The molecule has 3 aromatic rings. The van der Waals surface area contributed by atoms with Gasteiger partial charge in [0, 0.05) is 23.8 Å². The lowest BCUT2D eigenvalue weighted by Gasteiger charge is -2.09. The van der Waals surface area contributed by atoms with Crippen molar-refractivity contribution in [3.63, 3.8) is 0 Å². The Kier molecular flexibility index (Phi) is 5.12. The molecule has 1 aromatic carbocycles. The number of amides is 2. The number of thiophene rings is 1. The van der Waals surface area contributed by atoms with E-state index in [1.807, 2.05) is 53.4 Å². The molecule has 0 aliphatic rings. The standard InChI is InChI=1S/C17H14BrN3O2S/c18-15-7-6-14(24-15)17(23)19-11-16(22)20-12-4-3-5-13(10-12)21-8-1-2-9-21/h1-10H,11H2,(H,19,23)(H,20,22). The molecule has 0 aliphatic heterocycles. The van der Waals surface area contributed by atoms with Crippen molar-refractivity contribution in [2.24, 2.45) is 0 Å². The molecular weight excluding hydrogens is 390 g/mol. The van der Waals surface area contributed by atoms with Crippen LogP contribution >= 0.6 is 27.3 Å². The average molecular weight is 404 g/mol. The first-order chi connectivity index (χ1) is 11.6. The maximum Gasteiger partial charge on any atom is 0.261 e. The van der Waals surface area contributed by atoms with Crippen LogP contribution in [0.1, 0.15) is 9.67 Å². The van der Waals surface area contributed by atoms with E-state index in [1.54, 1.807) is 12.1 Å². The van der Waals surface area contributed by atoms with Crippen molar-refractivity contribution in [2.45, 2.75) is 0 Å². The van der Waals surface area contributed by atoms with Crippen LogP contribution in [0.25, 0.3) is 5.69 Å². The lowest BCUT2D eigenvalue weighted by Crippen LogP contribution is -2.32. The number of carbonyl (C=O) groups is 2. The van der Waals surface area contributed by atoms with E-state index < -0.39 is 0 Å². The summed E-state index contributed by atoms with van der Waals surface area (Å²) in [5, 5.41) is 5.39. The van der Waals surface area contributed by atoms with E-state index in [0.717, 1.165) is 9.47 Å². The number of nitrogens with zero attached hydrogens (tertiary/aromatic N) is 1. The van der Waals surface area contributed by atoms with Crippen LogP contribution in [0.5, 0.6) is 0 Å². The van der Waals surface area contributed by atoms with Gasteiger partial charge < -0.3 is 15.2 Å². The molecule has 0 bridgehead atoms. The molecule has 122 valence electrons. The van der Waals surface area contributed by atoms with Crippen LogP contribution in [0, 0.1) is 0 Å². The highest BCUT2D eigenvalue weighted by Crippen LogP contribution is 2.21. The second-order valence-corrected chi connectivity index (χ2v) is 7.44. The number of hydrogen-bond acceptors (Lipinski definition) is 3. The molecule has 2 amide bonds. The van der Waals surface area contributed by atoms with Crippen LogP contribution in [-0.4, -0.2) is 22.9 Å². The van der Waals surface area contributed by atoms with Crippen LogP contribution in [0.4, 0.5) is 5.69 Å².